The molecule has 4 aliphatic heterocycles. The van der Waals surface area contributed by atoms with Gasteiger partial charge in [-0.2, -0.15) is 0 Å². The lowest BCUT2D eigenvalue weighted by atomic mass is 9.36. The molecular formula is C49H51BN2O4S. The fraction of sp³-hybridized carbons (Fsp3) is 0.347. The summed E-state index contributed by atoms with van der Waals surface area (Å²) in [6.45, 7) is 27.8. The van der Waals surface area contributed by atoms with E-state index < -0.39 is 0 Å². The molecule has 0 saturated carbocycles. The van der Waals surface area contributed by atoms with Crippen LogP contribution in [0.1, 0.15) is 100 Å². The summed E-state index contributed by atoms with van der Waals surface area (Å²) in [5.74, 6) is 3.52. The van der Waals surface area contributed by atoms with Gasteiger partial charge in [-0.3, -0.25) is 0 Å². The van der Waals surface area contributed by atoms with E-state index in [2.05, 4.69) is 154 Å². The van der Waals surface area contributed by atoms with E-state index in [1.54, 1.807) is 0 Å². The van der Waals surface area contributed by atoms with E-state index >= 15 is 0 Å². The molecule has 8 heteroatoms. The third-order valence-corrected chi connectivity index (χ3v) is 13.8. The molecule has 0 aliphatic carbocycles. The summed E-state index contributed by atoms with van der Waals surface area (Å²) >= 11 is 1.92. The van der Waals surface area contributed by atoms with E-state index in [1.165, 1.54) is 76.4 Å². The highest BCUT2D eigenvalue weighted by molar-refractivity contribution is 7.33. The number of hydrogen-bond acceptors (Lipinski definition) is 7. The molecule has 0 atom stereocenters. The Hall–Kier alpha value is -5.08. The van der Waals surface area contributed by atoms with Crippen LogP contribution in [0.2, 0.25) is 0 Å². The number of anilines is 6. The van der Waals surface area contributed by atoms with Crippen molar-refractivity contribution in [1.29, 1.82) is 0 Å². The van der Waals surface area contributed by atoms with Crippen LogP contribution in [-0.2, 0) is 10.8 Å². The van der Waals surface area contributed by atoms with Gasteiger partial charge in [0.2, 0.25) is 13.6 Å². The number of rotatable bonds is 3. The van der Waals surface area contributed by atoms with Crippen molar-refractivity contribution in [2.75, 3.05) is 23.4 Å². The zero-order valence-electron chi connectivity index (χ0n) is 35.3. The Morgan fingerprint density at radius 2 is 1.23 bits per heavy atom. The van der Waals surface area contributed by atoms with Gasteiger partial charge in [0.25, 0.3) is 6.71 Å². The van der Waals surface area contributed by atoms with Crippen LogP contribution in [0.4, 0.5) is 34.1 Å². The maximum Gasteiger partial charge on any atom is 0.264 e. The average Bonchev–Trinajstić information content (AvgIpc) is 3.89. The number of ether oxygens (including phenoxy) is 4. The van der Waals surface area contributed by atoms with Gasteiger partial charge in [-0.25, -0.2) is 0 Å². The summed E-state index contributed by atoms with van der Waals surface area (Å²) in [6.07, 6.45) is 0. The van der Waals surface area contributed by atoms with Crippen LogP contribution in [0.25, 0.3) is 10.1 Å². The summed E-state index contributed by atoms with van der Waals surface area (Å²) in [7, 11) is 0. The molecule has 10 rings (SSSR count). The van der Waals surface area contributed by atoms with Gasteiger partial charge in [0.05, 0.1) is 17.1 Å². The van der Waals surface area contributed by atoms with Crippen LogP contribution in [0.3, 0.4) is 0 Å². The van der Waals surface area contributed by atoms with Gasteiger partial charge in [-0.05, 0) is 125 Å². The van der Waals surface area contributed by atoms with E-state index in [4.69, 9.17) is 18.9 Å². The zero-order chi connectivity index (χ0) is 40.0. The summed E-state index contributed by atoms with van der Waals surface area (Å²) in [5, 5.41) is 1.27. The van der Waals surface area contributed by atoms with Gasteiger partial charge >= 0.3 is 0 Å². The third-order valence-electron chi connectivity index (χ3n) is 12.6. The first-order valence-electron chi connectivity index (χ1n) is 20.3. The molecule has 0 bridgehead atoms. The van der Waals surface area contributed by atoms with E-state index in [0.29, 0.717) is 0 Å². The number of nitrogens with zero attached hydrogens (tertiary/aromatic N) is 2. The molecule has 5 aromatic carbocycles. The van der Waals surface area contributed by atoms with Gasteiger partial charge in [0, 0.05) is 43.6 Å². The second kappa shape index (κ2) is 12.2. The predicted molar refractivity (Wildman–Crippen MR) is 239 cm³/mol. The topological polar surface area (TPSA) is 43.4 Å². The predicted octanol–water partition coefficient (Wildman–Crippen LogP) is 11.4. The lowest BCUT2D eigenvalue weighted by Gasteiger charge is -2.45. The van der Waals surface area contributed by atoms with Crippen molar-refractivity contribution in [3.05, 3.63) is 99.6 Å². The minimum Gasteiger partial charge on any atom is -0.454 e. The molecule has 0 fully saturated rings. The van der Waals surface area contributed by atoms with Crippen molar-refractivity contribution in [3.8, 4) is 23.0 Å². The normalized spacial score (nSPS) is 15.1. The molecule has 5 heterocycles. The molecule has 0 unspecified atom stereocenters. The molecule has 6 aromatic rings. The summed E-state index contributed by atoms with van der Waals surface area (Å²) in [4.78, 5) is 5.14. The van der Waals surface area contributed by atoms with E-state index in [1.807, 2.05) is 11.3 Å². The molecule has 0 amide bonds. The lowest BCUT2D eigenvalue weighted by molar-refractivity contribution is 0.173. The number of benzene rings is 5. The van der Waals surface area contributed by atoms with Crippen LogP contribution >= 0.6 is 11.3 Å². The average molecular weight is 775 g/mol. The Bertz CT molecular complexity index is 2690. The van der Waals surface area contributed by atoms with Crippen LogP contribution in [-0.4, -0.2) is 20.3 Å². The summed E-state index contributed by atoms with van der Waals surface area (Å²) in [6, 6.07) is 23.5. The highest BCUT2D eigenvalue weighted by Crippen LogP contribution is 2.54. The Balaban J connectivity index is 1.37. The van der Waals surface area contributed by atoms with Gasteiger partial charge in [-0.15, -0.1) is 11.3 Å². The second-order valence-corrected chi connectivity index (χ2v) is 20.0. The Kier molecular flexibility index (Phi) is 7.78. The van der Waals surface area contributed by atoms with Crippen molar-refractivity contribution >= 4 is 78.0 Å². The van der Waals surface area contributed by atoms with E-state index in [9.17, 15) is 0 Å². The lowest BCUT2D eigenvalue weighted by Crippen LogP contribution is -2.60. The van der Waals surface area contributed by atoms with Crippen molar-refractivity contribution in [3.63, 3.8) is 0 Å². The Labute approximate surface area is 341 Å². The third kappa shape index (κ3) is 5.28. The molecule has 0 N–H and O–H groups in total. The van der Waals surface area contributed by atoms with Crippen LogP contribution in [0.15, 0.2) is 60.7 Å². The highest BCUT2D eigenvalue weighted by Gasteiger charge is 2.47. The maximum absolute atomic E-state index is 6.21. The van der Waals surface area contributed by atoms with Gasteiger partial charge in [0.1, 0.15) is 0 Å². The van der Waals surface area contributed by atoms with Gasteiger partial charge in [0.15, 0.2) is 23.0 Å². The quantitative estimate of drug-likeness (QED) is 0.167. The fourth-order valence-electron chi connectivity index (χ4n) is 9.61. The molecule has 0 radical (unpaired) electrons. The largest absolute Gasteiger partial charge is 0.454 e. The standard InChI is InChI=1S/C49H51BN2O4S/c1-25(2)30-18-36-42-37(19-30)52(44-28(5)17-40-46(29(44)6)56-24-55-40)45-33-20-31(48(7,8)9)13-14-41(33)57-47(45)50(42)34-21-38-39(54-23-53-38)22-35(34)51(36)43-26(3)15-32(16-27(43)4)49(10,11)12/h13-22,25H,23-24H2,1-12H3. The first-order valence-corrected chi connectivity index (χ1v) is 21.1. The minimum absolute atomic E-state index is 0.0168. The second-order valence-electron chi connectivity index (χ2n) is 18.9. The maximum atomic E-state index is 6.21. The zero-order valence-corrected chi connectivity index (χ0v) is 36.1. The molecule has 1 aromatic heterocycles. The van der Waals surface area contributed by atoms with Crippen molar-refractivity contribution in [2.24, 2.45) is 0 Å². The van der Waals surface area contributed by atoms with Crippen molar-refractivity contribution in [2.45, 2.75) is 99.8 Å². The van der Waals surface area contributed by atoms with Crippen molar-refractivity contribution in [1.82, 2.24) is 0 Å². The fourth-order valence-corrected chi connectivity index (χ4v) is 10.9. The molecular weight excluding hydrogens is 723 g/mol. The van der Waals surface area contributed by atoms with Crippen molar-refractivity contribution < 1.29 is 18.9 Å². The number of fused-ring (bicyclic) bond motifs is 8. The summed E-state index contributed by atoms with van der Waals surface area (Å²) in [5.41, 5.74) is 18.4. The van der Waals surface area contributed by atoms with Gasteiger partial charge in [-0.1, -0.05) is 73.6 Å². The van der Waals surface area contributed by atoms with Gasteiger partial charge < -0.3 is 28.7 Å². The molecule has 290 valence electrons. The Morgan fingerprint density at radius 3 is 1.89 bits per heavy atom. The molecule has 57 heavy (non-hydrogen) atoms. The minimum atomic E-state index is -0.0391. The first kappa shape index (κ1) is 36.3. The summed E-state index contributed by atoms with van der Waals surface area (Å²) < 4.78 is 27.1. The van der Waals surface area contributed by atoms with Crippen LogP contribution < -0.4 is 44.4 Å². The first-order chi connectivity index (χ1) is 27.0. The number of hydrogen-bond donors (Lipinski definition) is 0. The molecule has 6 nitrogen and oxygen atoms in total. The molecule has 0 saturated heterocycles. The monoisotopic (exact) mass is 774 g/mol. The Morgan fingerprint density at radius 1 is 0.614 bits per heavy atom. The van der Waals surface area contributed by atoms with E-state index in [0.717, 1.165) is 45.5 Å². The smallest absolute Gasteiger partial charge is 0.264 e. The van der Waals surface area contributed by atoms with Crippen LogP contribution in [0.5, 0.6) is 23.0 Å². The number of thiophene rings is 1. The molecule has 0 spiro atoms. The highest BCUT2D eigenvalue weighted by atomic mass is 32.1. The van der Waals surface area contributed by atoms with E-state index in [-0.39, 0.29) is 37.0 Å². The van der Waals surface area contributed by atoms with Crippen LogP contribution in [0, 0.1) is 27.7 Å². The molecule has 4 aliphatic rings. The SMILES string of the molecule is Cc1cc(C(C)(C)C)cc(C)c1N1c2cc3c(cc2B2c4sc5ccc(C(C)(C)C)cc5c4N(c4c(C)cc5c(c4C)OCO5)c4cc(C(C)C)cc1c42)OCO3. The number of aryl methyl sites for hydroxylation is 3.